The predicted octanol–water partition coefficient (Wildman–Crippen LogP) is 5.33. The zero-order chi connectivity index (χ0) is 26.2. The van der Waals surface area contributed by atoms with E-state index in [1.165, 1.54) is 19.3 Å². The molecule has 1 atom stereocenters. The van der Waals surface area contributed by atoms with Gasteiger partial charge in [-0.05, 0) is 31.0 Å². The molecule has 6 aromatic heterocycles. The molecule has 39 heavy (non-hydrogen) atoms. The summed E-state index contributed by atoms with van der Waals surface area (Å²) in [6, 6.07) is 7.92. The maximum atomic E-state index is 10.7. The number of aliphatic hydroxyl groups is 1. The van der Waals surface area contributed by atoms with Crippen LogP contribution in [0.5, 0.6) is 0 Å². The van der Waals surface area contributed by atoms with Gasteiger partial charge < -0.3 is 15.4 Å². The van der Waals surface area contributed by atoms with Gasteiger partial charge in [-0.25, -0.2) is 9.97 Å². The van der Waals surface area contributed by atoms with E-state index in [-0.39, 0.29) is 5.92 Å². The molecule has 10 heteroatoms. The van der Waals surface area contributed by atoms with E-state index < -0.39 is 6.23 Å². The lowest BCUT2D eigenvalue weighted by molar-refractivity contribution is 0.109. The monoisotopic (exact) mass is 517 g/mol. The number of imidazole rings is 1. The zero-order valence-corrected chi connectivity index (χ0v) is 21.2. The van der Waals surface area contributed by atoms with Crippen molar-refractivity contribution in [2.45, 2.75) is 38.3 Å². The third-order valence-electron chi connectivity index (χ3n) is 7.50. The summed E-state index contributed by atoms with van der Waals surface area (Å²) in [5.41, 5.74) is 7.37. The lowest BCUT2D eigenvalue weighted by Crippen LogP contribution is -2.30. The fourth-order valence-electron chi connectivity index (χ4n) is 5.44. The van der Waals surface area contributed by atoms with E-state index in [9.17, 15) is 5.11 Å². The smallest absolute Gasteiger partial charge is 0.181 e. The standard InChI is InChI=1S/C29H27N9O/c39-29(17-5-2-1-3-6-17)34-21-9-19(12-31-14-21)20-10-22-26(37-38-27(22)33-13-20)28-35-24-16-32-15-23(25(24)36-28)18-7-4-8-30-11-18/h4,7-17,29,34,39H,1-3,5-6H2,(H,35,36)(H,33,37,38). The van der Waals surface area contributed by atoms with Crippen LogP contribution in [0.1, 0.15) is 32.1 Å². The number of nitrogens with one attached hydrogen (secondary N) is 3. The second kappa shape index (κ2) is 9.88. The van der Waals surface area contributed by atoms with E-state index >= 15 is 0 Å². The molecule has 0 amide bonds. The molecule has 0 radical (unpaired) electrons. The fraction of sp³-hybridized carbons (Fsp3) is 0.241. The highest BCUT2D eigenvalue weighted by atomic mass is 16.3. The summed E-state index contributed by atoms with van der Waals surface area (Å²) in [7, 11) is 0. The molecule has 194 valence electrons. The van der Waals surface area contributed by atoms with E-state index in [1.807, 2.05) is 24.3 Å². The lowest BCUT2D eigenvalue weighted by atomic mass is 9.88. The van der Waals surface area contributed by atoms with Crippen LogP contribution in [0.4, 0.5) is 5.69 Å². The molecule has 0 aromatic carbocycles. The average molecular weight is 518 g/mol. The number of aromatic amines is 2. The van der Waals surface area contributed by atoms with Gasteiger partial charge in [0.15, 0.2) is 11.5 Å². The Hall–Kier alpha value is -4.70. The number of nitrogens with zero attached hydrogens (tertiary/aromatic N) is 6. The molecule has 4 N–H and O–H groups in total. The Morgan fingerprint density at radius 2 is 1.74 bits per heavy atom. The second-order valence-electron chi connectivity index (χ2n) is 10.1. The van der Waals surface area contributed by atoms with Crippen LogP contribution in [0.15, 0.2) is 67.6 Å². The van der Waals surface area contributed by atoms with Gasteiger partial charge in [0.2, 0.25) is 0 Å². The van der Waals surface area contributed by atoms with Crippen LogP contribution >= 0.6 is 0 Å². The minimum atomic E-state index is -0.581. The van der Waals surface area contributed by atoms with Crippen molar-refractivity contribution in [2.24, 2.45) is 5.92 Å². The highest BCUT2D eigenvalue weighted by Crippen LogP contribution is 2.33. The first-order valence-electron chi connectivity index (χ1n) is 13.2. The van der Waals surface area contributed by atoms with Crippen molar-refractivity contribution < 1.29 is 5.11 Å². The summed E-state index contributed by atoms with van der Waals surface area (Å²) < 4.78 is 0. The molecule has 10 nitrogen and oxygen atoms in total. The number of hydrogen-bond donors (Lipinski definition) is 4. The van der Waals surface area contributed by atoms with E-state index in [1.54, 1.807) is 43.4 Å². The first kappa shape index (κ1) is 23.4. The van der Waals surface area contributed by atoms with E-state index in [0.29, 0.717) is 11.5 Å². The Labute approximate surface area is 224 Å². The minimum Gasteiger partial charge on any atom is -0.374 e. The molecule has 1 fully saturated rings. The first-order valence-corrected chi connectivity index (χ1v) is 13.2. The number of aliphatic hydroxyl groups excluding tert-OH is 1. The molecule has 0 saturated heterocycles. The highest BCUT2D eigenvalue weighted by molar-refractivity contribution is 5.96. The van der Waals surface area contributed by atoms with E-state index in [0.717, 1.165) is 62.9 Å². The van der Waals surface area contributed by atoms with Gasteiger partial charge in [0.1, 0.15) is 17.4 Å². The van der Waals surface area contributed by atoms with Gasteiger partial charge in [-0.1, -0.05) is 25.3 Å². The third kappa shape index (κ3) is 4.48. The lowest BCUT2D eigenvalue weighted by Gasteiger charge is -2.27. The fourth-order valence-corrected chi connectivity index (χ4v) is 5.44. The molecule has 7 rings (SSSR count). The maximum Gasteiger partial charge on any atom is 0.181 e. The van der Waals surface area contributed by atoms with Gasteiger partial charge in [0.25, 0.3) is 0 Å². The SMILES string of the molecule is OC(Nc1cncc(-c2cnc3n[nH]c(-c4nc5c(-c6cccnc6)cncc5[nH]4)c3c2)c1)C1CCCCC1. The van der Waals surface area contributed by atoms with Gasteiger partial charge in [-0.2, -0.15) is 5.10 Å². The van der Waals surface area contributed by atoms with Gasteiger partial charge in [0.05, 0.1) is 29.0 Å². The van der Waals surface area contributed by atoms with E-state index in [2.05, 4.69) is 40.4 Å². The van der Waals surface area contributed by atoms with Gasteiger partial charge >= 0.3 is 0 Å². The molecular weight excluding hydrogens is 490 g/mol. The Kier molecular flexibility index (Phi) is 5.93. The number of hydrogen-bond acceptors (Lipinski definition) is 8. The van der Waals surface area contributed by atoms with Crippen LogP contribution in [0.25, 0.3) is 55.8 Å². The molecular formula is C29H27N9O. The van der Waals surface area contributed by atoms with Crippen molar-refractivity contribution in [3.63, 3.8) is 0 Å². The van der Waals surface area contributed by atoms with Gasteiger partial charge in [-0.15, -0.1) is 0 Å². The van der Waals surface area contributed by atoms with E-state index in [4.69, 9.17) is 4.98 Å². The molecule has 1 aliphatic carbocycles. The Bertz CT molecular complexity index is 1760. The highest BCUT2D eigenvalue weighted by Gasteiger charge is 2.22. The van der Waals surface area contributed by atoms with Crippen LogP contribution < -0.4 is 5.32 Å². The van der Waals surface area contributed by atoms with Crippen molar-refractivity contribution >= 4 is 27.8 Å². The van der Waals surface area contributed by atoms with Crippen LogP contribution in [0.2, 0.25) is 0 Å². The summed E-state index contributed by atoms with van der Waals surface area (Å²) in [6.45, 7) is 0. The largest absolute Gasteiger partial charge is 0.374 e. The molecule has 6 heterocycles. The van der Waals surface area contributed by atoms with Crippen molar-refractivity contribution in [3.8, 4) is 33.8 Å². The first-order chi connectivity index (χ1) is 19.2. The maximum absolute atomic E-state index is 10.7. The number of fused-ring (bicyclic) bond motifs is 2. The topological polar surface area (TPSA) is 141 Å². The summed E-state index contributed by atoms with van der Waals surface area (Å²) in [4.78, 5) is 25.9. The number of rotatable bonds is 6. The number of aromatic nitrogens is 8. The zero-order valence-electron chi connectivity index (χ0n) is 21.2. The van der Waals surface area contributed by atoms with Crippen molar-refractivity contribution in [3.05, 3.63) is 67.6 Å². The number of H-pyrrole nitrogens is 2. The van der Waals surface area contributed by atoms with Crippen LogP contribution in [0.3, 0.4) is 0 Å². The molecule has 0 bridgehead atoms. The van der Waals surface area contributed by atoms with Gasteiger partial charge in [-0.3, -0.25) is 20.1 Å². The molecule has 0 aliphatic heterocycles. The Morgan fingerprint density at radius 3 is 2.62 bits per heavy atom. The predicted molar refractivity (Wildman–Crippen MR) is 149 cm³/mol. The van der Waals surface area contributed by atoms with Gasteiger partial charge in [0, 0.05) is 59.2 Å². The molecule has 6 aromatic rings. The van der Waals surface area contributed by atoms with Crippen molar-refractivity contribution in [1.29, 1.82) is 0 Å². The molecule has 1 saturated carbocycles. The Balaban J connectivity index is 1.22. The van der Waals surface area contributed by atoms with Crippen molar-refractivity contribution in [1.82, 2.24) is 40.1 Å². The van der Waals surface area contributed by atoms with Crippen molar-refractivity contribution in [2.75, 3.05) is 5.32 Å². The summed E-state index contributed by atoms with van der Waals surface area (Å²) >= 11 is 0. The average Bonchev–Trinajstić information content (AvgIpc) is 3.62. The Morgan fingerprint density at radius 1 is 0.897 bits per heavy atom. The number of pyridine rings is 4. The normalized spacial score (nSPS) is 15.1. The molecule has 1 aliphatic rings. The summed E-state index contributed by atoms with van der Waals surface area (Å²) in [6.07, 6.45) is 17.6. The summed E-state index contributed by atoms with van der Waals surface area (Å²) in [5, 5.41) is 22.3. The van der Waals surface area contributed by atoms with Crippen LogP contribution in [-0.2, 0) is 0 Å². The van der Waals surface area contributed by atoms with Crippen LogP contribution in [0, 0.1) is 5.92 Å². The minimum absolute atomic E-state index is 0.270. The second-order valence-corrected chi connectivity index (χ2v) is 10.1. The molecule has 0 spiro atoms. The quantitative estimate of drug-likeness (QED) is 0.217. The summed E-state index contributed by atoms with van der Waals surface area (Å²) in [5.74, 6) is 0.917. The number of anilines is 1. The molecule has 1 unspecified atom stereocenters. The van der Waals surface area contributed by atoms with Crippen LogP contribution in [-0.4, -0.2) is 51.4 Å². The third-order valence-corrected chi connectivity index (χ3v) is 7.50.